The lowest BCUT2D eigenvalue weighted by Gasteiger charge is -2.08. The van der Waals surface area contributed by atoms with Gasteiger partial charge in [-0.3, -0.25) is 5.10 Å². The van der Waals surface area contributed by atoms with Crippen LogP contribution in [0.4, 0.5) is 0 Å². The molecule has 20 heavy (non-hydrogen) atoms. The smallest absolute Gasteiger partial charge is 0.104 e. The van der Waals surface area contributed by atoms with Gasteiger partial charge in [0.1, 0.15) is 5.69 Å². The van der Waals surface area contributed by atoms with Crippen molar-refractivity contribution in [1.29, 1.82) is 0 Å². The molecule has 0 saturated heterocycles. The molecule has 2 heterocycles. The molecule has 0 fully saturated rings. The minimum absolute atomic E-state index is 0.312. The van der Waals surface area contributed by atoms with Crippen molar-refractivity contribution in [1.82, 2.24) is 15.2 Å². The molecule has 1 aromatic carbocycles. The Kier molecular flexibility index (Phi) is 3.40. The van der Waals surface area contributed by atoms with E-state index in [0.29, 0.717) is 5.92 Å². The van der Waals surface area contributed by atoms with Crippen molar-refractivity contribution in [3.63, 3.8) is 0 Å². The lowest BCUT2D eigenvalue weighted by Crippen LogP contribution is -1.95. The number of rotatable bonds is 3. The van der Waals surface area contributed by atoms with E-state index in [9.17, 15) is 0 Å². The van der Waals surface area contributed by atoms with Gasteiger partial charge in [-0.1, -0.05) is 37.3 Å². The SMILES string of the molecule is Cc1nc(C)c(-c2cc([C@@H](C)c3ccccc3)[nH]n2)s1. The maximum atomic E-state index is 4.46. The highest BCUT2D eigenvalue weighted by molar-refractivity contribution is 7.15. The monoisotopic (exact) mass is 283 g/mol. The first-order valence-corrected chi connectivity index (χ1v) is 7.51. The van der Waals surface area contributed by atoms with Gasteiger partial charge in [0.25, 0.3) is 0 Å². The van der Waals surface area contributed by atoms with Gasteiger partial charge in [0.15, 0.2) is 0 Å². The fraction of sp³-hybridized carbons (Fsp3) is 0.250. The van der Waals surface area contributed by atoms with Crippen molar-refractivity contribution in [2.24, 2.45) is 0 Å². The number of benzene rings is 1. The average Bonchev–Trinajstić information content (AvgIpc) is 3.05. The van der Waals surface area contributed by atoms with Crippen molar-refractivity contribution in [2.75, 3.05) is 0 Å². The number of H-pyrrole nitrogens is 1. The van der Waals surface area contributed by atoms with Crippen molar-refractivity contribution >= 4 is 11.3 Å². The number of hydrogen-bond donors (Lipinski definition) is 1. The largest absolute Gasteiger partial charge is 0.281 e. The van der Waals surface area contributed by atoms with Gasteiger partial charge in [0, 0.05) is 11.6 Å². The van der Waals surface area contributed by atoms with Crippen molar-refractivity contribution in [2.45, 2.75) is 26.7 Å². The predicted molar refractivity (Wildman–Crippen MR) is 83.1 cm³/mol. The summed E-state index contributed by atoms with van der Waals surface area (Å²) in [6, 6.07) is 12.6. The van der Waals surface area contributed by atoms with Crippen LogP contribution in [-0.4, -0.2) is 15.2 Å². The summed E-state index contributed by atoms with van der Waals surface area (Å²) in [6.07, 6.45) is 0. The van der Waals surface area contributed by atoms with Gasteiger partial charge in [0.2, 0.25) is 0 Å². The van der Waals surface area contributed by atoms with Crippen LogP contribution in [0.25, 0.3) is 10.6 Å². The maximum absolute atomic E-state index is 4.46. The third-order valence-electron chi connectivity index (χ3n) is 3.50. The third-order valence-corrected chi connectivity index (χ3v) is 4.60. The fourth-order valence-corrected chi connectivity index (χ4v) is 3.25. The van der Waals surface area contributed by atoms with Crippen LogP contribution in [0.1, 0.15) is 34.8 Å². The van der Waals surface area contributed by atoms with Crippen LogP contribution in [0.5, 0.6) is 0 Å². The van der Waals surface area contributed by atoms with Crippen LogP contribution >= 0.6 is 11.3 Å². The summed E-state index contributed by atoms with van der Waals surface area (Å²) in [5.41, 5.74) is 4.47. The second-order valence-corrected chi connectivity index (χ2v) is 6.19. The van der Waals surface area contributed by atoms with E-state index < -0.39 is 0 Å². The molecule has 3 nitrogen and oxygen atoms in total. The predicted octanol–water partition coefficient (Wildman–Crippen LogP) is 4.30. The number of aryl methyl sites for hydroxylation is 2. The van der Waals surface area contributed by atoms with Crippen LogP contribution in [0.3, 0.4) is 0 Å². The first-order valence-electron chi connectivity index (χ1n) is 6.70. The van der Waals surface area contributed by atoms with E-state index in [2.05, 4.69) is 52.4 Å². The molecule has 4 heteroatoms. The molecular weight excluding hydrogens is 266 g/mol. The summed E-state index contributed by atoms with van der Waals surface area (Å²) in [5.74, 6) is 0.312. The van der Waals surface area contributed by atoms with E-state index >= 15 is 0 Å². The van der Waals surface area contributed by atoms with E-state index in [1.807, 2.05) is 19.9 Å². The summed E-state index contributed by atoms with van der Waals surface area (Å²) >= 11 is 1.69. The lowest BCUT2D eigenvalue weighted by molar-refractivity contribution is 0.854. The number of nitrogens with zero attached hydrogens (tertiary/aromatic N) is 2. The van der Waals surface area contributed by atoms with Crippen LogP contribution < -0.4 is 0 Å². The quantitative estimate of drug-likeness (QED) is 0.778. The topological polar surface area (TPSA) is 41.6 Å². The standard InChI is InChI=1S/C16H17N3S/c1-10(13-7-5-4-6-8-13)14-9-15(19-18-14)16-11(2)17-12(3)20-16/h4-10H,1-3H3,(H,18,19)/t10-/m0/s1. The Balaban J connectivity index is 1.93. The molecule has 102 valence electrons. The molecule has 3 rings (SSSR count). The van der Waals surface area contributed by atoms with Crippen LogP contribution in [0.2, 0.25) is 0 Å². The molecule has 1 N–H and O–H groups in total. The minimum atomic E-state index is 0.312. The molecule has 3 aromatic rings. The highest BCUT2D eigenvalue weighted by Crippen LogP contribution is 2.31. The first kappa shape index (κ1) is 13.1. The molecule has 0 unspecified atom stereocenters. The minimum Gasteiger partial charge on any atom is -0.281 e. The Morgan fingerprint density at radius 3 is 2.55 bits per heavy atom. The zero-order valence-electron chi connectivity index (χ0n) is 11.8. The molecule has 0 saturated carbocycles. The zero-order valence-corrected chi connectivity index (χ0v) is 12.7. The highest BCUT2D eigenvalue weighted by atomic mass is 32.1. The maximum Gasteiger partial charge on any atom is 0.104 e. The number of thiazole rings is 1. The van der Waals surface area contributed by atoms with Crippen molar-refractivity contribution in [3.05, 3.63) is 58.4 Å². The van der Waals surface area contributed by atoms with E-state index in [-0.39, 0.29) is 0 Å². The average molecular weight is 283 g/mol. The Labute approximate surface area is 122 Å². The summed E-state index contributed by atoms with van der Waals surface area (Å²) in [6.45, 7) is 6.26. The number of nitrogens with one attached hydrogen (secondary N) is 1. The Morgan fingerprint density at radius 2 is 1.90 bits per heavy atom. The van der Waals surface area contributed by atoms with Crippen molar-refractivity contribution < 1.29 is 0 Å². The van der Waals surface area contributed by atoms with Gasteiger partial charge in [-0.25, -0.2) is 4.98 Å². The Hall–Kier alpha value is -1.94. The molecule has 0 aliphatic rings. The van der Waals surface area contributed by atoms with Crippen LogP contribution in [-0.2, 0) is 0 Å². The van der Waals surface area contributed by atoms with Gasteiger partial charge in [-0.15, -0.1) is 11.3 Å². The molecule has 0 aliphatic heterocycles. The summed E-state index contributed by atoms with van der Waals surface area (Å²) in [7, 11) is 0. The van der Waals surface area contributed by atoms with E-state index in [4.69, 9.17) is 0 Å². The molecule has 0 aliphatic carbocycles. The highest BCUT2D eigenvalue weighted by Gasteiger charge is 2.15. The van der Waals surface area contributed by atoms with Gasteiger partial charge < -0.3 is 0 Å². The second-order valence-electron chi connectivity index (χ2n) is 4.99. The zero-order chi connectivity index (χ0) is 14.1. The third kappa shape index (κ3) is 2.39. The fourth-order valence-electron chi connectivity index (χ4n) is 2.36. The molecule has 0 spiro atoms. The molecule has 1 atom stereocenters. The van der Waals surface area contributed by atoms with E-state index in [1.165, 1.54) is 5.56 Å². The summed E-state index contributed by atoms with van der Waals surface area (Å²) < 4.78 is 0. The van der Waals surface area contributed by atoms with Gasteiger partial charge in [0.05, 0.1) is 15.6 Å². The molecular formula is C16H17N3S. The Bertz CT molecular complexity index is 712. The second kappa shape index (κ2) is 5.21. The van der Waals surface area contributed by atoms with Crippen LogP contribution in [0.15, 0.2) is 36.4 Å². The molecule has 0 bridgehead atoms. The molecule has 0 amide bonds. The van der Waals surface area contributed by atoms with E-state index in [1.54, 1.807) is 11.3 Å². The Morgan fingerprint density at radius 1 is 1.15 bits per heavy atom. The first-order chi connectivity index (χ1) is 9.65. The molecule has 2 aromatic heterocycles. The number of aromatic amines is 1. The normalized spacial score (nSPS) is 12.6. The lowest BCUT2D eigenvalue weighted by atomic mass is 9.98. The molecule has 0 radical (unpaired) electrons. The van der Waals surface area contributed by atoms with Gasteiger partial charge in [-0.2, -0.15) is 5.10 Å². The summed E-state index contributed by atoms with van der Waals surface area (Å²) in [4.78, 5) is 5.62. The van der Waals surface area contributed by atoms with Crippen LogP contribution in [0, 0.1) is 13.8 Å². The number of hydrogen-bond acceptors (Lipinski definition) is 3. The van der Waals surface area contributed by atoms with Crippen molar-refractivity contribution in [3.8, 4) is 10.6 Å². The van der Waals surface area contributed by atoms with E-state index in [0.717, 1.165) is 27.0 Å². The van der Waals surface area contributed by atoms with Gasteiger partial charge >= 0.3 is 0 Å². The summed E-state index contributed by atoms with van der Waals surface area (Å²) in [5, 5.41) is 8.70. The van der Waals surface area contributed by atoms with Gasteiger partial charge in [-0.05, 0) is 25.5 Å². The number of aromatic nitrogens is 3.